The minimum absolute atomic E-state index is 0.0373. The van der Waals surface area contributed by atoms with Gasteiger partial charge in [0.1, 0.15) is 15.6 Å². The van der Waals surface area contributed by atoms with Crippen LogP contribution in [0, 0.1) is 13.8 Å². The number of halogens is 1. The lowest BCUT2D eigenvalue weighted by Crippen LogP contribution is -2.16. The first-order valence-corrected chi connectivity index (χ1v) is 11.6. The van der Waals surface area contributed by atoms with Crippen LogP contribution in [0.5, 0.6) is 5.75 Å². The summed E-state index contributed by atoms with van der Waals surface area (Å²) in [5.74, 6) is -1.30. The first kappa shape index (κ1) is 25.3. The van der Waals surface area contributed by atoms with Gasteiger partial charge in [0.2, 0.25) is 0 Å². The highest BCUT2D eigenvalue weighted by Crippen LogP contribution is 2.34. The Hall–Kier alpha value is -3.37. The lowest BCUT2D eigenvalue weighted by molar-refractivity contribution is 0.0506. The van der Waals surface area contributed by atoms with Gasteiger partial charge in [0.25, 0.3) is 5.91 Å². The van der Waals surface area contributed by atoms with E-state index in [-0.39, 0.29) is 34.5 Å². The predicted octanol–water partition coefficient (Wildman–Crippen LogP) is 4.86. The van der Waals surface area contributed by atoms with E-state index in [1.54, 1.807) is 25.3 Å². The van der Waals surface area contributed by atoms with Gasteiger partial charge in [0.05, 0.1) is 24.3 Å². The molecular weight excluding hydrogens is 482 g/mol. The van der Waals surface area contributed by atoms with Crippen molar-refractivity contribution in [3.8, 4) is 5.75 Å². The fraction of sp³-hybridized carbons (Fsp3) is 0.304. The van der Waals surface area contributed by atoms with E-state index in [1.165, 1.54) is 17.9 Å². The molecule has 0 saturated carbocycles. The molecule has 0 radical (unpaired) electrons. The zero-order chi connectivity index (χ0) is 24.8. The van der Waals surface area contributed by atoms with Crippen molar-refractivity contribution in [1.29, 1.82) is 0 Å². The molecule has 34 heavy (non-hydrogen) atoms. The predicted molar refractivity (Wildman–Crippen MR) is 128 cm³/mol. The summed E-state index contributed by atoms with van der Waals surface area (Å²) in [5, 5.41) is 7.52. The van der Waals surface area contributed by atoms with Crippen LogP contribution in [0.1, 0.15) is 55.0 Å². The molecule has 0 atom stereocenters. The van der Waals surface area contributed by atoms with Crippen LogP contribution in [0.2, 0.25) is 5.02 Å². The van der Waals surface area contributed by atoms with Crippen molar-refractivity contribution in [2.45, 2.75) is 33.9 Å². The van der Waals surface area contributed by atoms with Crippen molar-refractivity contribution in [2.75, 3.05) is 19.0 Å². The van der Waals surface area contributed by atoms with Crippen molar-refractivity contribution >= 4 is 45.8 Å². The molecule has 0 bridgehead atoms. The van der Waals surface area contributed by atoms with Crippen LogP contribution in [-0.2, 0) is 16.2 Å². The fourth-order valence-electron chi connectivity index (χ4n) is 2.98. The van der Waals surface area contributed by atoms with Crippen LogP contribution in [0.3, 0.4) is 0 Å². The smallest absolute Gasteiger partial charge is 0.348 e. The topological polar surface area (TPSA) is 109 Å². The van der Waals surface area contributed by atoms with Crippen molar-refractivity contribution in [3.63, 3.8) is 0 Å². The highest BCUT2D eigenvalue weighted by molar-refractivity contribution is 7.18. The summed E-state index contributed by atoms with van der Waals surface area (Å²) in [6.07, 6.45) is 2.21. The number of aryl methyl sites for hydroxylation is 1. The van der Waals surface area contributed by atoms with E-state index < -0.39 is 17.8 Å². The number of thiophene rings is 1. The van der Waals surface area contributed by atoms with E-state index in [1.807, 2.05) is 19.9 Å². The third-order valence-electron chi connectivity index (χ3n) is 4.70. The third-order valence-corrected chi connectivity index (χ3v) is 6.20. The molecule has 0 saturated heterocycles. The Morgan fingerprint density at radius 2 is 1.94 bits per heavy atom. The van der Waals surface area contributed by atoms with E-state index in [4.69, 9.17) is 25.8 Å². The number of carbonyl (C=O) groups excluding carboxylic acids is 3. The number of hydrogen-bond acceptors (Lipinski definition) is 8. The fourth-order valence-corrected chi connectivity index (χ4v) is 4.26. The number of aromatic nitrogens is 2. The van der Waals surface area contributed by atoms with Crippen LogP contribution in [-0.4, -0.2) is 41.3 Å². The van der Waals surface area contributed by atoms with Gasteiger partial charge in [-0.1, -0.05) is 24.6 Å². The number of amides is 1. The molecule has 3 aromatic rings. The molecule has 3 rings (SSSR count). The minimum atomic E-state index is -0.630. The number of esters is 2. The maximum atomic E-state index is 12.8. The summed E-state index contributed by atoms with van der Waals surface area (Å²) in [7, 11) is 1.24. The van der Waals surface area contributed by atoms with Gasteiger partial charge in [-0.05, 0) is 49.6 Å². The average molecular weight is 506 g/mol. The van der Waals surface area contributed by atoms with Crippen LogP contribution in [0.4, 0.5) is 5.00 Å². The van der Waals surface area contributed by atoms with Gasteiger partial charge in [0.15, 0.2) is 12.4 Å². The number of rotatable bonds is 9. The van der Waals surface area contributed by atoms with Crippen LogP contribution >= 0.6 is 22.9 Å². The molecule has 0 aliphatic carbocycles. The lowest BCUT2D eigenvalue weighted by atomic mass is 10.1. The summed E-state index contributed by atoms with van der Waals surface area (Å²) in [5.41, 5.74) is 1.58. The van der Waals surface area contributed by atoms with Gasteiger partial charge in [-0.2, -0.15) is 5.10 Å². The maximum Gasteiger partial charge on any atom is 0.348 e. The molecule has 1 aromatic carbocycles. The summed E-state index contributed by atoms with van der Waals surface area (Å²) < 4.78 is 17.1. The highest BCUT2D eigenvalue weighted by atomic mass is 35.5. The van der Waals surface area contributed by atoms with Gasteiger partial charge < -0.3 is 19.5 Å². The molecule has 9 nitrogen and oxygen atoms in total. The van der Waals surface area contributed by atoms with Gasteiger partial charge in [-0.15, -0.1) is 11.3 Å². The van der Waals surface area contributed by atoms with Crippen molar-refractivity contribution in [3.05, 3.63) is 62.7 Å². The van der Waals surface area contributed by atoms with Crippen LogP contribution < -0.4 is 10.1 Å². The minimum Gasteiger partial charge on any atom is -0.470 e. The van der Waals surface area contributed by atoms with Crippen molar-refractivity contribution in [2.24, 2.45) is 0 Å². The first-order chi connectivity index (χ1) is 16.2. The summed E-state index contributed by atoms with van der Waals surface area (Å²) in [6.45, 7) is 5.64. The second-order valence-electron chi connectivity index (χ2n) is 7.29. The zero-order valence-corrected chi connectivity index (χ0v) is 20.7. The second kappa shape index (κ2) is 11.2. The molecule has 0 aliphatic heterocycles. The molecule has 2 aromatic heterocycles. The lowest BCUT2D eigenvalue weighted by Gasteiger charge is -2.09. The Kier molecular flexibility index (Phi) is 8.30. The van der Waals surface area contributed by atoms with E-state index in [0.717, 1.165) is 16.9 Å². The van der Waals surface area contributed by atoms with E-state index in [9.17, 15) is 14.4 Å². The molecule has 0 spiro atoms. The van der Waals surface area contributed by atoms with Gasteiger partial charge >= 0.3 is 11.9 Å². The molecule has 1 N–H and O–H groups in total. The number of nitrogens with zero attached hydrogens (tertiary/aromatic N) is 2. The molecule has 0 unspecified atom stereocenters. The number of nitrogens with one attached hydrogen (secondary N) is 1. The van der Waals surface area contributed by atoms with Gasteiger partial charge in [-0.3, -0.25) is 4.79 Å². The number of hydrogen-bond donors (Lipinski definition) is 1. The molecule has 180 valence electrons. The number of carbonyl (C=O) groups is 3. The molecule has 2 heterocycles. The van der Waals surface area contributed by atoms with E-state index in [0.29, 0.717) is 22.8 Å². The Balaban J connectivity index is 1.77. The van der Waals surface area contributed by atoms with Crippen molar-refractivity contribution in [1.82, 2.24) is 9.78 Å². The number of ether oxygens (including phenoxy) is 3. The first-order valence-electron chi connectivity index (χ1n) is 10.4. The molecule has 0 fully saturated rings. The van der Waals surface area contributed by atoms with Crippen LogP contribution in [0.25, 0.3) is 0 Å². The Bertz CT molecular complexity index is 1220. The SMILES string of the molecule is CCCOC(=O)c1c(NC(=O)c2ccn(COc3cc(C)ccc3Cl)n2)sc(C(=O)OC)c1C. The largest absolute Gasteiger partial charge is 0.470 e. The highest BCUT2D eigenvalue weighted by Gasteiger charge is 2.27. The number of anilines is 1. The standard InChI is InChI=1S/C23H24ClN3O6S/c1-5-10-32-22(29)18-14(3)19(23(30)31-4)34-21(18)25-20(28)16-8-9-27(26-16)12-33-17-11-13(2)6-7-15(17)24/h6-9,11H,5,10,12H2,1-4H3,(H,25,28). The van der Waals surface area contributed by atoms with Crippen molar-refractivity contribution < 1.29 is 28.6 Å². The number of benzene rings is 1. The summed E-state index contributed by atoms with van der Waals surface area (Å²) in [4.78, 5) is 37.8. The summed E-state index contributed by atoms with van der Waals surface area (Å²) in [6, 6.07) is 6.92. The Morgan fingerprint density at radius 3 is 2.65 bits per heavy atom. The molecule has 1 amide bonds. The van der Waals surface area contributed by atoms with Gasteiger partial charge in [0, 0.05) is 6.20 Å². The average Bonchev–Trinajstić information content (AvgIpc) is 3.42. The van der Waals surface area contributed by atoms with Gasteiger partial charge in [-0.25, -0.2) is 14.3 Å². The molecule has 0 aliphatic rings. The Labute approximate surface area is 205 Å². The second-order valence-corrected chi connectivity index (χ2v) is 8.72. The normalized spacial score (nSPS) is 10.6. The Morgan fingerprint density at radius 1 is 1.18 bits per heavy atom. The third kappa shape index (κ3) is 5.75. The summed E-state index contributed by atoms with van der Waals surface area (Å²) >= 11 is 7.08. The zero-order valence-electron chi connectivity index (χ0n) is 19.1. The van der Waals surface area contributed by atoms with E-state index in [2.05, 4.69) is 10.4 Å². The van der Waals surface area contributed by atoms with Crippen LogP contribution in [0.15, 0.2) is 30.5 Å². The number of methoxy groups -OCH3 is 1. The molecular formula is C23H24ClN3O6S. The molecule has 11 heteroatoms. The maximum absolute atomic E-state index is 12.8. The monoisotopic (exact) mass is 505 g/mol. The van der Waals surface area contributed by atoms with E-state index >= 15 is 0 Å². The quantitative estimate of drug-likeness (QED) is 0.414.